The van der Waals surface area contributed by atoms with Crippen LogP contribution in [0.3, 0.4) is 0 Å². The molecular formula is C16H17ClFIN2. The van der Waals surface area contributed by atoms with Crippen LogP contribution < -0.4 is 0 Å². The fourth-order valence-corrected chi connectivity index (χ4v) is 4.11. The minimum Gasteiger partial charge on any atom is -0.327 e. The predicted molar refractivity (Wildman–Crippen MR) is 91.2 cm³/mol. The van der Waals surface area contributed by atoms with Crippen LogP contribution in [0, 0.1) is 20.7 Å². The van der Waals surface area contributed by atoms with Crippen molar-refractivity contribution in [1.29, 1.82) is 0 Å². The zero-order valence-electron chi connectivity index (χ0n) is 11.7. The molecule has 0 spiro atoms. The molecule has 2 fully saturated rings. The Kier molecular flexibility index (Phi) is 3.45. The summed E-state index contributed by atoms with van der Waals surface area (Å²) in [5, 5.41) is 0. The third-order valence-electron chi connectivity index (χ3n) is 5.00. The number of nitrogens with zero attached hydrogens (tertiary/aromatic N) is 2. The maximum Gasteiger partial charge on any atom is 0.138 e. The molecule has 2 aromatic rings. The van der Waals surface area contributed by atoms with Crippen molar-refractivity contribution in [3.8, 4) is 0 Å². The van der Waals surface area contributed by atoms with Gasteiger partial charge in [-0.15, -0.1) is 11.6 Å². The van der Waals surface area contributed by atoms with Crippen molar-refractivity contribution in [3.05, 3.63) is 27.3 Å². The summed E-state index contributed by atoms with van der Waals surface area (Å²) in [6, 6.07) is 3.49. The van der Waals surface area contributed by atoms with Crippen LogP contribution in [0.15, 0.2) is 12.1 Å². The first kappa shape index (κ1) is 14.2. The van der Waals surface area contributed by atoms with Crippen molar-refractivity contribution in [3.63, 3.8) is 0 Å². The topological polar surface area (TPSA) is 17.8 Å². The summed E-state index contributed by atoms with van der Waals surface area (Å²) in [4.78, 5) is 4.70. The van der Waals surface area contributed by atoms with E-state index >= 15 is 0 Å². The second-order valence-electron chi connectivity index (χ2n) is 6.44. The van der Waals surface area contributed by atoms with E-state index in [9.17, 15) is 4.39 Å². The molecule has 2 saturated carbocycles. The minimum atomic E-state index is -0.155. The molecule has 2 aliphatic rings. The van der Waals surface area contributed by atoms with Crippen molar-refractivity contribution >= 4 is 45.2 Å². The van der Waals surface area contributed by atoms with Gasteiger partial charge in [-0.3, -0.25) is 0 Å². The van der Waals surface area contributed by atoms with E-state index in [1.807, 2.05) is 28.7 Å². The maximum atomic E-state index is 14.0. The van der Waals surface area contributed by atoms with E-state index in [0.717, 1.165) is 35.7 Å². The van der Waals surface area contributed by atoms with Gasteiger partial charge in [-0.1, -0.05) is 0 Å². The summed E-state index contributed by atoms with van der Waals surface area (Å²) in [7, 11) is 0. The molecule has 0 aliphatic heterocycles. The van der Waals surface area contributed by atoms with Crippen molar-refractivity contribution in [2.45, 2.75) is 38.6 Å². The number of aryl methyl sites for hydroxylation is 1. The molecule has 1 aromatic heterocycles. The summed E-state index contributed by atoms with van der Waals surface area (Å²) in [5.41, 5.74) is 2.29. The lowest BCUT2D eigenvalue weighted by atomic mass is 10.0. The van der Waals surface area contributed by atoms with Crippen molar-refractivity contribution < 1.29 is 4.39 Å². The number of benzene rings is 1. The van der Waals surface area contributed by atoms with Crippen LogP contribution in [0.5, 0.6) is 0 Å². The molecule has 1 aromatic carbocycles. The normalized spacial score (nSPS) is 20.1. The Labute approximate surface area is 142 Å². The number of hydrogen-bond acceptors (Lipinski definition) is 1. The Balaban J connectivity index is 1.80. The molecule has 2 nitrogen and oxygen atoms in total. The summed E-state index contributed by atoms with van der Waals surface area (Å²) in [5.74, 6) is 2.29. The molecular weight excluding hydrogens is 402 g/mol. The summed E-state index contributed by atoms with van der Waals surface area (Å²) < 4.78 is 16.8. The predicted octanol–water partition coefficient (Wildman–Crippen LogP) is 4.75. The Morgan fingerprint density at radius 2 is 2.14 bits per heavy atom. The molecule has 21 heavy (non-hydrogen) atoms. The fraction of sp³-hybridized carbons (Fsp3) is 0.562. The van der Waals surface area contributed by atoms with Crippen LogP contribution in [0.1, 0.15) is 31.5 Å². The molecule has 0 N–H and O–H groups in total. The van der Waals surface area contributed by atoms with Crippen molar-refractivity contribution in [1.82, 2.24) is 9.55 Å². The lowest BCUT2D eigenvalue weighted by Crippen LogP contribution is -2.16. The first-order valence-electron chi connectivity index (χ1n) is 7.53. The van der Waals surface area contributed by atoms with E-state index < -0.39 is 0 Å². The van der Waals surface area contributed by atoms with Crippen LogP contribution in [0.25, 0.3) is 11.0 Å². The number of alkyl halides is 1. The number of hydrogen-bond donors (Lipinski definition) is 0. The molecule has 0 atom stereocenters. The average molecular weight is 419 g/mol. The second kappa shape index (κ2) is 5.08. The standard InChI is InChI=1S/C16H17ClFIN2/c17-6-3-15-20-13-8-12(19)11(18)7-14(13)21(15)9-16(4-5-16)10-1-2-10/h7-8,10H,1-6,9H2. The van der Waals surface area contributed by atoms with Gasteiger partial charge in [0.2, 0.25) is 0 Å². The molecule has 0 unspecified atom stereocenters. The lowest BCUT2D eigenvalue weighted by Gasteiger charge is -2.17. The molecule has 0 bridgehead atoms. The molecule has 1 heterocycles. The highest BCUT2D eigenvalue weighted by Crippen LogP contribution is 2.62. The number of imidazole rings is 1. The monoisotopic (exact) mass is 418 g/mol. The summed E-state index contributed by atoms with van der Waals surface area (Å²) in [6.07, 6.45) is 6.09. The number of fused-ring (bicyclic) bond motifs is 1. The van der Waals surface area contributed by atoms with Crippen LogP contribution in [-0.4, -0.2) is 15.4 Å². The molecule has 5 heteroatoms. The zero-order valence-corrected chi connectivity index (χ0v) is 14.6. The number of rotatable bonds is 5. The van der Waals surface area contributed by atoms with Gasteiger partial charge in [0, 0.05) is 24.9 Å². The van der Waals surface area contributed by atoms with E-state index in [0.29, 0.717) is 14.9 Å². The SMILES string of the molecule is Fc1cc2c(cc1I)nc(CCCl)n2CC1(C2CC2)CC1. The number of halogens is 3. The Morgan fingerprint density at radius 3 is 2.76 bits per heavy atom. The van der Waals surface area contributed by atoms with Crippen LogP contribution in [0.2, 0.25) is 0 Å². The lowest BCUT2D eigenvalue weighted by molar-refractivity contribution is 0.369. The van der Waals surface area contributed by atoms with Crippen LogP contribution >= 0.6 is 34.2 Å². The van der Waals surface area contributed by atoms with Gasteiger partial charge in [-0.2, -0.15) is 0 Å². The van der Waals surface area contributed by atoms with Crippen LogP contribution in [-0.2, 0) is 13.0 Å². The van der Waals surface area contributed by atoms with Gasteiger partial charge >= 0.3 is 0 Å². The van der Waals surface area contributed by atoms with Gasteiger partial charge in [-0.05, 0) is 65.7 Å². The maximum absolute atomic E-state index is 14.0. The van der Waals surface area contributed by atoms with Gasteiger partial charge in [-0.25, -0.2) is 9.37 Å². The van der Waals surface area contributed by atoms with E-state index in [1.54, 1.807) is 6.07 Å². The smallest absolute Gasteiger partial charge is 0.138 e. The summed E-state index contributed by atoms with van der Waals surface area (Å²) in [6.45, 7) is 0.987. The molecule has 0 radical (unpaired) electrons. The number of aromatic nitrogens is 2. The largest absolute Gasteiger partial charge is 0.327 e. The van der Waals surface area contributed by atoms with Crippen molar-refractivity contribution in [2.75, 3.05) is 5.88 Å². The second-order valence-corrected chi connectivity index (χ2v) is 7.98. The highest BCUT2D eigenvalue weighted by Gasteiger charge is 2.54. The molecule has 4 rings (SSSR count). The Hall–Kier alpha value is -0.360. The minimum absolute atomic E-state index is 0.155. The average Bonchev–Trinajstić information content (AvgIpc) is 3.33. The van der Waals surface area contributed by atoms with Gasteiger partial charge in [0.05, 0.1) is 14.6 Å². The van der Waals surface area contributed by atoms with Gasteiger partial charge < -0.3 is 4.57 Å². The molecule has 2 aliphatic carbocycles. The van der Waals surface area contributed by atoms with E-state index in [2.05, 4.69) is 4.57 Å². The highest BCUT2D eigenvalue weighted by molar-refractivity contribution is 14.1. The molecule has 112 valence electrons. The van der Waals surface area contributed by atoms with Gasteiger partial charge in [0.25, 0.3) is 0 Å². The Bertz CT molecular complexity index is 704. The first-order valence-corrected chi connectivity index (χ1v) is 9.14. The molecule has 0 amide bonds. The highest BCUT2D eigenvalue weighted by atomic mass is 127. The van der Waals surface area contributed by atoms with Crippen LogP contribution in [0.4, 0.5) is 4.39 Å². The van der Waals surface area contributed by atoms with E-state index in [1.165, 1.54) is 25.7 Å². The quantitative estimate of drug-likeness (QED) is 0.506. The fourth-order valence-electron chi connectivity index (χ4n) is 3.49. The zero-order chi connectivity index (χ0) is 14.6. The van der Waals surface area contributed by atoms with Crippen molar-refractivity contribution in [2.24, 2.45) is 11.3 Å². The van der Waals surface area contributed by atoms with Gasteiger partial charge in [0.1, 0.15) is 11.6 Å². The summed E-state index contributed by atoms with van der Waals surface area (Å²) >= 11 is 7.96. The third-order valence-corrected chi connectivity index (χ3v) is 6.01. The van der Waals surface area contributed by atoms with E-state index in [-0.39, 0.29) is 5.82 Å². The third kappa shape index (κ3) is 2.48. The molecule has 0 saturated heterocycles. The Morgan fingerprint density at radius 1 is 1.38 bits per heavy atom. The van der Waals surface area contributed by atoms with E-state index in [4.69, 9.17) is 16.6 Å². The first-order chi connectivity index (χ1) is 10.1. The van der Waals surface area contributed by atoms with Gasteiger partial charge in [0.15, 0.2) is 0 Å².